The van der Waals surface area contributed by atoms with Gasteiger partial charge in [0.2, 0.25) is 0 Å². The summed E-state index contributed by atoms with van der Waals surface area (Å²) in [6.45, 7) is 2.42. The number of H-pyrrole nitrogens is 1. The molecule has 0 bridgehead atoms. The second kappa shape index (κ2) is 8.54. The number of imidazole rings is 1. The number of nitriles is 1. The van der Waals surface area contributed by atoms with Gasteiger partial charge in [-0.1, -0.05) is 48.5 Å². The number of benzene rings is 3. The number of allylic oxidation sites excluding steroid dienone is 1. The van der Waals surface area contributed by atoms with Crippen LogP contribution in [0.5, 0.6) is 11.5 Å². The lowest BCUT2D eigenvalue weighted by Crippen LogP contribution is -1.99. The van der Waals surface area contributed by atoms with Crippen molar-refractivity contribution in [2.75, 3.05) is 7.11 Å². The van der Waals surface area contributed by atoms with E-state index >= 15 is 0 Å². The molecule has 0 aliphatic heterocycles. The molecule has 1 heterocycles. The lowest BCUT2D eigenvalue weighted by atomic mass is 10.1. The molecule has 0 saturated carbocycles. The Bertz CT molecular complexity index is 1250. The number of rotatable bonds is 6. The van der Waals surface area contributed by atoms with Crippen LogP contribution in [-0.2, 0) is 6.61 Å². The standard InChI is InChI=1S/C25H21N3O2/c1-17-11-12-21-22(13-17)28-25(27-21)20(15-26)14-19-9-6-10-23(29-2)24(19)30-16-18-7-4-3-5-8-18/h3-14H,16H2,1-2H3,(H,27,28)/b20-14-. The van der Waals surface area contributed by atoms with Gasteiger partial charge in [0.05, 0.1) is 23.7 Å². The van der Waals surface area contributed by atoms with Crippen LogP contribution in [-0.4, -0.2) is 17.1 Å². The highest BCUT2D eigenvalue weighted by Crippen LogP contribution is 2.34. The molecule has 5 nitrogen and oxygen atoms in total. The molecular formula is C25H21N3O2. The molecule has 0 amide bonds. The molecule has 3 aromatic carbocycles. The number of aromatic amines is 1. The molecule has 0 atom stereocenters. The molecule has 30 heavy (non-hydrogen) atoms. The Morgan fingerprint density at radius 1 is 1.10 bits per heavy atom. The van der Waals surface area contributed by atoms with Crippen LogP contribution in [0.3, 0.4) is 0 Å². The number of nitrogens with one attached hydrogen (secondary N) is 1. The summed E-state index contributed by atoms with van der Waals surface area (Å²) in [7, 11) is 1.60. The van der Waals surface area contributed by atoms with E-state index in [2.05, 4.69) is 16.0 Å². The first-order valence-corrected chi connectivity index (χ1v) is 9.60. The van der Waals surface area contributed by atoms with Crippen LogP contribution >= 0.6 is 0 Å². The predicted octanol–water partition coefficient (Wildman–Crippen LogP) is 5.52. The van der Waals surface area contributed by atoms with Gasteiger partial charge in [0.1, 0.15) is 18.5 Å². The van der Waals surface area contributed by atoms with Crippen LogP contribution in [0, 0.1) is 18.3 Å². The normalized spacial score (nSPS) is 11.3. The van der Waals surface area contributed by atoms with E-state index in [4.69, 9.17) is 9.47 Å². The van der Waals surface area contributed by atoms with Crippen LogP contribution in [0.4, 0.5) is 0 Å². The summed E-state index contributed by atoms with van der Waals surface area (Å²) >= 11 is 0. The molecule has 0 radical (unpaired) electrons. The predicted molar refractivity (Wildman–Crippen MR) is 118 cm³/mol. The maximum atomic E-state index is 9.80. The molecule has 0 aliphatic carbocycles. The van der Waals surface area contributed by atoms with E-state index in [-0.39, 0.29) is 0 Å². The SMILES string of the molecule is COc1cccc(/C=C(/C#N)c2nc3ccc(C)cc3[nH]2)c1OCc1ccccc1. The van der Waals surface area contributed by atoms with E-state index in [1.54, 1.807) is 13.2 Å². The Hall–Kier alpha value is -4.04. The Labute approximate surface area is 175 Å². The van der Waals surface area contributed by atoms with E-state index in [9.17, 15) is 5.26 Å². The first-order valence-electron chi connectivity index (χ1n) is 9.60. The maximum absolute atomic E-state index is 9.80. The van der Waals surface area contributed by atoms with Gasteiger partial charge in [0.25, 0.3) is 0 Å². The van der Waals surface area contributed by atoms with Crippen molar-refractivity contribution in [3.63, 3.8) is 0 Å². The van der Waals surface area contributed by atoms with Gasteiger partial charge in [0.15, 0.2) is 11.5 Å². The fourth-order valence-electron chi connectivity index (χ4n) is 3.25. The van der Waals surface area contributed by atoms with E-state index in [0.29, 0.717) is 29.5 Å². The Kier molecular flexibility index (Phi) is 5.49. The van der Waals surface area contributed by atoms with E-state index in [1.807, 2.05) is 73.7 Å². The fraction of sp³-hybridized carbons (Fsp3) is 0.120. The van der Waals surface area contributed by atoms with Gasteiger partial charge >= 0.3 is 0 Å². The maximum Gasteiger partial charge on any atom is 0.168 e. The quantitative estimate of drug-likeness (QED) is 0.436. The third kappa shape index (κ3) is 4.03. The zero-order valence-corrected chi connectivity index (χ0v) is 16.8. The van der Waals surface area contributed by atoms with Crippen LogP contribution in [0.15, 0.2) is 66.7 Å². The summed E-state index contributed by atoms with van der Waals surface area (Å²) in [5.41, 5.74) is 5.07. The summed E-state index contributed by atoms with van der Waals surface area (Å²) in [5.74, 6) is 1.72. The summed E-state index contributed by atoms with van der Waals surface area (Å²) in [6.07, 6.45) is 1.77. The minimum Gasteiger partial charge on any atom is -0.493 e. The molecule has 148 valence electrons. The van der Waals surface area contributed by atoms with Crippen molar-refractivity contribution in [2.45, 2.75) is 13.5 Å². The van der Waals surface area contributed by atoms with Crippen LogP contribution in [0.1, 0.15) is 22.5 Å². The molecule has 0 saturated heterocycles. The summed E-state index contributed by atoms with van der Waals surface area (Å²) in [6, 6.07) is 23.7. The van der Waals surface area contributed by atoms with Crippen LogP contribution in [0.25, 0.3) is 22.7 Å². The van der Waals surface area contributed by atoms with Gasteiger partial charge in [-0.15, -0.1) is 0 Å². The highest BCUT2D eigenvalue weighted by molar-refractivity contribution is 5.91. The largest absolute Gasteiger partial charge is 0.493 e. The Morgan fingerprint density at radius 2 is 1.93 bits per heavy atom. The minimum atomic E-state index is 0.397. The van der Waals surface area contributed by atoms with Gasteiger partial charge in [-0.3, -0.25) is 0 Å². The van der Waals surface area contributed by atoms with Crippen molar-refractivity contribution < 1.29 is 9.47 Å². The molecule has 4 rings (SSSR count). The number of para-hydroxylation sites is 1. The van der Waals surface area contributed by atoms with Gasteiger partial charge in [-0.2, -0.15) is 5.26 Å². The fourth-order valence-corrected chi connectivity index (χ4v) is 3.25. The zero-order chi connectivity index (χ0) is 20.9. The van der Waals surface area contributed by atoms with Crippen molar-refractivity contribution in [2.24, 2.45) is 0 Å². The van der Waals surface area contributed by atoms with E-state index < -0.39 is 0 Å². The van der Waals surface area contributed by atoms with Crippen molar-refractivity contribution in [1.29, 1.82) is 5.26 Å². The second-order valence-corrected chi connectivity index (χ2v) is 6.93. The lowest BCUT2D eigenvalue weighted by molar-refractivity contribution is 0.284. The first-order chi connectivity index (χ1) is 14.7. The molecule has 1 aromatic heterocycles. The molecule has 0 aliphatic rings. The first kappa shape index (κ1) is 19.3. The number of aryl methyl sites for hydroxylation is 1. The molecule has 5 heteroatoms. The number of fused-ring (bicyclic) bond motifs is 1. The summed E-state index contributed by atoms with van der Waals surface area (Å²) < 4.78 is 11.6. The Morgan fingerprint density at radius 3 is 2.70 bits per heavy atom. The van der Waals surface area contributed by atoms with Crippen molar-refractivity contribution in [3.05, 3.63) is 89.2 Å². The summed E-state index contributed by atoms with van der Waals surface area (Å²) in [5, 5.41) is 9.80. The lowest BCUT2D eigenvalue weighted by Gasteiger charge is -2.13. The van der Waals surface area contributed by atoms with Crippen LogP contribution < -0.4 is 9.47 Å². The van der Waals surface area contributed by atoms with Gasteiger partial charge in [-0.25, -0.2) is 4.98 Å². The second-order valence-electron chi connectivity index (χ2n) is 6.93. The van der Waals surface area contributed by atoms with Gasteiger partial charge in [0, 0.05) is 5.56 Å². The molecular weight excluding hydrogens is 374 g/mol. The number of ether oxygens (including phenoxy) is 2. The van der Waals surface area contributed by atoms with Crippen molar-refractivity contribution >= 4 is 22.7 Å². The molecule has 1 N–H and O–H groups in total. The van der Waals surface area contributed by atoms with E-state index in [1.165, 1.54) is 0 Å². The number of hydrogen-bond acceptors (Lipinski definition) is 4. The Balaban J connectivity index is 1.72. The highest BCUT2D eigenvalue weighted by Gasteiger charge is 2.13. The van der Waals surface area contributed by atoms with E-state index in [0.717, 1.165) is 27.7 Å². The van der Waals surface area contributed by atoms with Crippen LogP contribution in [0.2, 0.25) is 0 Å². The van der Waals surface area contributed by atoms with Crippen molar-refractivity contribution in [3.8, 4) is 17.6 Å². The number of methoxy groups -OCH3 is 1. The van der Waals surface area contributed by atoms with Crippen molar-refractivity contribution in [1.82, 2.24) is 9.97 Å². The minimum absolute atomic E-state index is 0.397. The molecule has 0 fully saturated rings. The van der Waals surface area contributed by atoms with Gasteiger partial charge < -0.3 is 14.5 Å². The monoisotopic (exact) mass is 395 g/mol. The average Bonchev–Trinajstić information content (AvgIpc) is 3.19. The average molecular weight is 395 g/mol. The molecule has 0 unspecified atom stereocenters. The highest BCUT2D eigenvalue weighted by atomic mass is 16.5. The third-order valence-corrected chi connectivity index (χ3v) is 4.77. The number of hydrogen-bond donors (Lipinski definition) is 1. The molecule has 4 aromatic rings. The molecule has 0 spiro atoms. The van der Waals surface area contributed by atoms with Gasteiger partial charge in [-0.05, 0) is 42.3 Å². The summed E-state index contributed by atoms with van der Waals surface area (Å²) in [4.78, 5) is 7.81. The smallest absolute Gasteiger partial charge is 0.168 e. The number of nitrogens with zero attached hydrogens (tertiary/aromatic N) is 2. The topological polar surface area (TPSA) is 70.9 Å². The third-order valence-electron chi connectivity index (χ3n) is 4.77. The number of aromatic nitrogens is 2. The zero-order valence-electron chi connectivity index (χ0n) is 16.8.